The fourth-order valence-corrected chi connectivity index (χ4v) is 2.37. The number of benzene rings is 1. The number of nitrogens with zero attached hydrogens (tertiary/aromatic N) is 1. The second-order valence-electron chi connectivity index (χ2n) is 4.56. The van der Waals surface area contributed by atoms with E-state index in [9.17, 15) is 4.79 Å². The minimum atomic E-state index is -0.238. The number of fused-ring (bicyclic) bond motifs is 1. The predicted molar refractivity (Wildman–Crippen MR) is 70.1 cm³/mol. The molecule has 0 aromatic heterocycles. The van der Waals surface area contributed by atoms with Crippen LogP contribution < -0.4 is 4.90 Å². The third-order valence-corrected chi connectivity index (χ3v) is 3.19. The highest BCUT2D eigenvalue weighted by atomic mass is 32.1. The Bertz CT molecular complexity index is 403. The van der Waals surface area contributed by atoms with Gasteiger partial charge in [0.2, 0.25) is 5.91 Å². The van der Waals surface area contributed by atoms with E-state index in [-0.39, 0.29) is 11.2 Å². The molecule has 2 nitrogen and oxygen atoms in total. The summed E-state index contributed by atoms with van der Waals surface area (Å²) in [4.78, 5) is 13.9. The first-order chi connectivity index (χ1) is 7.59. The first kappa shape index (κ1) is 11.5. The quantitative estimate of drug-likeness (QED) is 0.742. The van der Waals surface area contributed by atoms with Gasteiger partial charge in [0.05, 0.1) is 5.25 Å². The number of hydrogen-bond donors (Lipinski definition) is 1. The molecule has 0 saturated heterocycles. The third-order valence-electron chi connectivity index (χ3n) is 2.97. The number of anilines is 1. The topological polar surface area (TPSA) is 20.3 Å². The lowest BCUT2D eigenvalue weighted by Gasteiger charge is -2.34. The lowest BCUT2D eigenvalue weighted by atomic mass is 9.94. The predicted octanol–water partition coefficient (Wildman–Crippen LogP) is 2.53. The fraction of sp³-hybridized carbons (Fsp3) is 0.462. The first-order valence-corrected chi connectivity index (χ1v) is 6.18. The number of rotatable bonds is 1. The van der Waals surface area contributed by atoms with Crippen molar-refractivity contribution in [2.45, 2.75) is 25.5 Å². The highest BCUT2D eigenvalue weighted by molar-refractivity contribution is 7.81. The van der Waals surface area contributed by atoms with Crippen LogP contribution in [-0.2, 0) is 11.2 Å². The molecule has 0 fully saturated rings. The van der Waals surface area contributed by atoms with Crippen LogP contribution in [0.25, 0.3) is 0 Å². The van der Waals surface area contributed by atoms with E-state index in [1.807, 2.05) is 30.0 Å². The lowest BCUT2D eigenvalue weighted by Crippen LogP contribution is -2.42. The van der Waals surface area contributed by atoms with E-state index < -0.39 is 0 Å². The monoisotopic (exact) mass is 235 g/mol. The highest BCUT2D eigenvalue weighted by Crippen LogP contribution is 2.30. The van der Waals surface area contributed by atoms with E-state index in [4.69, 9.17) is 0 Å². The van der Waals surface area contributed by atoms with Gasteiger partial charge in [-0.05, 0) is 30.9 Å². The maximum absolute atomic E-state index is 12.1. The van der Waals surface area contributed by atoms with Gasteiger partial charge in [0.15, 0.2) is 0 Å². The largest absolute Gasteiger partial charge is 0.311 e. The molecule has 16 heavy (non-hydrogen) atoms. The molecule has 1 amide bonds. The maximum atomic E-state index is 12.1. The molecule has 2 rings (SSSR count). The molecular weight excluding hydrogens is 218 g/mol. The Morgan fingerprint density at radius 1 is 1.50 bits per heavy atom. The van der Waals surface area contributed by atoms with E-state index in [1.165, 1.54) is 5.56 Å². The zero-order valence-electron chi connectivity index (χ0n) is 9.68. The number of thiol groups is 1. The van der Waals surface area contributed by atoms with Crippen LogP contribution in [-0.4, -0.2) is 17.7 Å². The Kier molecular flexibility index (Phi) is 3.24. The molecule has 0 aliphatic carbocycles. The van der Waals surface area contributed by atoms with Gasteiger partial charge in [0.1, 0.15) is 0 Å². The summed E-state index contributed by atoms with van der Waals surface area (Å²) in [6.45, 7) is 4.81. The fourth-order valence-electron chi connectivity index (χ4n) is 2.23. The van der Waals surface area contributed by atoms with Crippen LogP contribution in [0, 0.1) is 5.92 Å². The molecule has 0 spiro atoms. The Morgan fingerprint density at radius 2 is 2.19 bits per heavy atom. The second kappa shape index (κ2) is 4.50. The smallest absolute Gasteiger partial charge is 0.239 e. The van der Waals surface area contributed by atoms with Crippen molar-refractivity contribution in [3.63, 3.8) is 0 Å². The van der Waals surface area contributed by atoms with E-state index in [2.05, 4.69) is 25.6 Å². The van der Waals surface area contributed by atoms with Gasteiger partial charge in [-0.3, -0.25) is 4.79 Å². The molecule has 0 saturated carbocycles. The van der Waals surface area contributed by atoms with Gasteiger partial charge in [-0.25, -0.2) is 0 Å². The van der Waals surface area contributed by atoms with Crippen molar-refractivity contribution in [2.75, 3.05) is 11.4 Å². The summed E-state index contributed by atoms with van der Waals surface area (Å²) in [7, 11) is 0. The molecule has 3 heteroatoms. The van der Waals surface area contributed by atoms with Crippen molar-refractivity contribution < 1.29 is 4.79 Å². The average Bonchev–Trinajstić information content (AvgIpc) is 2.26. The molecule has 0 bridgehead atoms. The van der Waals surface area contributed by atoms with Crippen LogP contribution in [0.15, 0.2) is 24.3 Å². The molecule has 1 aromatic rings. The summed E-state index contributed by atoms with van der Waals surface area (Å²) >= 11 is 4.23. The Balaban J connectivity index is 2.37. The van der Waals surface area contributed by atoms with Gasteiger partial charge < -0.3 is 4.90 Å². The summed E-state index contributed by atoms with van der Waals surface area (Å²) in [6, 6.07) is 8.14. The van der Waals surface area contributed by atoms with Gasteiger partial charge in [-0.15, -0.1) is 0 Å². The molecular formula is C13H17NOS. The van der Waals surface area contributed by atoms with Crippen molar-refractivity contribution in [3.8, 4) is 0 Å². The standard InChI is InChI=1S/C13H17NOS/c1-9-7-11-5-3-4-6-12(11)14(8-9)13(15)10(2)16/h3-6,9-10,16H,7-8H2,1-2H3. The number of para-hydroxylation sites is 1. The number of amides is 1. The van der Waals surface area contributed by atoms with Crippen LogP contribution in [0.5, 0.6) is 0 Å². The summed E-state index contributed by atoms with van der Waals surface area (Å²) in [6.07, 6.45) is 1.06. The Labute approximate surface area is 102 Å². The van der Waals surface area contributed by atoms with Gasteiger partial charge >= 0.3 is 0 Å². The normalized spacial score (nSPS) is 21.4. The van der Waals surface area contributed by atoms with E-state index in [1.54, 1.807) is 0 Å². The van der Waals surface area contributed by atoms with E-state index >= 15 is 0 Å². The summed E-state index contributed by atoms with van der Waals surface area (Å²) in [5.41, 5.74) is 2.33. The summed E-state index contributed by atoms with van der Waals surface area (Å²) < 4.78 is 0. The molecule has 1 aromatic carbocycles. The number of carbonyl (C=O) groups excluding carboxylic acids is 1. The second-order valence-corrected chi connectivity index (χ2v) is 5.34. The summed E-state index contributed by atoms with van der Waals surface area (Å²) in [5, 5.41) is -0.238. The number of hydrogen-bond acceptors (Lipinski definition) is 2. The molecule has 0 radical (unpaired) electrons. The van der Waals surface area contributed by atoms with Crippen molar-refractivity contribution >= 4 is 24.2 Å². The van der Waals surface area contributed by atoms with Crippen LogP contribution in [0.2, 0.25) is 0 Å². The first-order valence-electron chi connectivity index (χ1n) is 5.67. The Hall–Kier alpha value is -0.960. The van der Waals surface area contributed by atoms with Crippen molar-refractivity contribution in [1.82, 2.24) is 0 Å². The third kappa shape index (κ3) is 2.09. The van der Waals surface area contributed by atoms with E-state index in [0.717, 1.165) is 18.7 Å². The molecule has 2 unspecified atom stereocenters. The molecule has 0 N–H and O–H groups in total. The average molecular weight is 235 g/mol. The van der Waals surface area contributed by atoms with Crippen molar-refractivity contribution in [2.24, 2.45) is 5.92 Å². The SMILES string of the molecule is CC1Cc2ccccc2N(C(=O)C(C)S)C1. The molecule has 1 aliphatic heterocycles. The molecule has 1 heterocycles. The van der Waals surface area contributed by atoms with Crippen LogP contribution in [0.3, 0.4) is 0 Å². The van der Waals surface area contributed by atoms with Gasteiger partial charge in [0.25, 0.3) is 0 Å². The molecule has 2 atom stereocenters. The van der Waals surface area contributed by atoms with Gasteiger partial charge in [0, 0.05) is 12.2 Å². The maximum Gasteiger partial charge on any atom is 0.239 e. The van der Waals surface area contributed by atoms with Crippen LogP contribution in [0.4, 0.5) is 5.69 Å². The molecule has 86 valence electrons. The zero-order valence-corrected chi connectivity index (χ0v) is 10.6. The van der Waals surface area contributed by atoms with E-state index in [0.29, 0.717) is 5.92 Å². The van der Waals surface area contributed by atoms with Crippen LogP contribution in [0.1, 0.15) is 19.4 Å². The number of carbonyl (C=O) groups is 1. The minimum Gasteiger partial charge on any atom is -0.311 e. The van der Waals surface area contributed by atoms with Crippen molar-refractivity contribution in [3.05, 3.63) is 29.8 Å². The highest BCUT2D eigenvalue weighted by Gasteiger charge is 2.27. The van der Waals surface area contributed by atoms with Crippen molar-refractivity contribution in [1.29, 1.82) is 0 Å². The van der Waals surface area contributed by atoms with Gasteiger partial charge in [-0.2, -0.15) is 12.6 Å². The Morgan fingerprint density at radius 3 is 2.88 bits per heavy atom. The van der Waals surface area contributed by atoms with Crippen LogP contribution >= 0.6 is 12.6 Å². The van der Waals surface area contributed by atoms with Gasteiger partial charge in [-0.1, -0.05) is 25.1 Å². The summed E-state index contributed by atoms with van der Waals surface area (Å²) in [5.74, 6) is 0.619. The zero-order chi connectivity index (χ0) is 11.7. The molecule has 1 aliphatic rings. The minimum absolute atomic E-state index is 0.0994. The lowest BCUT2D eigenvalue weighted by molar-refractivity contribution is -0.118.